The van der Waals surface area contributed by atoms with E-state index in [9.17, 15) is 4.79 Å². The van der Waals surface area contributed by atoms with Crippen LogP contribution in [0.2, 0.25) is 0 Å². The molecule has 2 N–H and O–H groups in total. The maximum absolute atomic E-state index is 11.4. The fraction of sp³-hybridized carbons (Fsp3) is 0.923. The summed E-state index contributed by atoms with van der Waals surface area (Å²) in [6.45, 7) is 10.9. The van der Waals surface area contributed by atoms with Crippen molar-refractivity contribution >= 4 is 5.91 Å². The predicted octanol–water partition coefficient (Wildman–Crippen LogP) is 1.70. The van der Waals surface area contributed by atoms with Crippen molar-refractivity contribution < 1.29 is 9.53 Å². The van der Waals surface area contributed by atoms with Crippen molar-refractivity contribution in [3.8, 4) is 0 Å². The van der Waals surface area contributed by atoms with E-state index in [4.69, 9.17) is 4.74 Å². The molecule has 0 unspecified atom stereocenters. The Bertz CT molecular complexity index is 200. The molecule has 0 aliphatic carbocycles. The normalized spacial score (nSPS) is 11.5. The third kappa shape index (κ3) is 13.3. The molecule has 4 nitrogen and oxygen atoms in total. The molecule has 0 spiro atoms. The van der Waals surface area contributed by atoms with Crippen LogP contribution in [0.3, 0.4) is 0 Å². The molecule has 0 aromatic heterocycles. The van der Waals surface area contributed by atoms with Crippen molar-refractivity contribution in [2.24, 2.45) is 0 Å². The SMILES string of the molecule is CCCCOCCCNC(=O)CNC(C)(C)C. The van der Waals surface area contributed by atoms with Crippen molar-refractivity contribution in [1.82, 2.24) is 10.6 Å². The van der Waals surface area contributed by atoms with Crippen LogP contribution in [0, 0.1) is 0 Å². The van der Waals surface area contributed by atoms with Gasteiger partial charge in [-0.15, -0.1) is 0 Å². The molecular formula is C13H28N2O2. The first-order valence-corrected chi connectivity index (χ1v) is 6.55. The summed E-state index contributed by atoms with van der Waals surface area (Å²) in [5.41, 5.74) is -0.0133. The van der Waals surface area contributed by atoms with Gasteiger partial charge in [0.15, 0.2) is 0 Å². The highest BCUT2D eigenvalue weighted by Crippen LogP contribution is 1.96. The first-order valence-electron chi connectivity index (χ1n) is 6.55. The maximum atomic E-state index is 11.4. The molecule has 17 heavy (non-hydrogen) atoms. The van der Waals surface area contributed by atoms with Gasteiger partial charge in [-0.2, -0.15) is 0 Å². The first kappa shape index (κ1) is 16.4. The molecule has 0 fully saturated rings. The van der Waals surface area contributed by atoms with Gasteiger partial charge in [0.1, 0.15) is 0 Å². The van der Waals surface area contributed by atoms with E-state index in [0.717, 1.165) is 32.5 Å². The second kappa shape index (κ2) is 9.42. The summed E-state index contributed by atoms with van der Waals surface area (Å²) in [7, 11) is 0. The van der Waals surface area contributed by atoms with Gasteiger partial charge in [-0.05, 0) is 33.6 Å². The Morgan fingerprint density at radius 2 is 1.82 bits per heavy atom. The van der Waals surface area contributed by atoms with Gasteiger partial charge in [0.05, 0.1) is 6.54 Å². The minimum Gasteiger partial charge on any atom is -0.381 e. The van der Waals surface area contributed by atoms with E-state index in [1.807, 2.05) is 20.8 Å². The van der Waals surface area contributed by atoms with Crippen LogP contribution in [0.15, 0.2) is 0 Å². The van der Waals surface area contributed by atoms with Crippen LogP contribution in [-0.2, 0) is 9.53 Å². The Labute approximate surface area is 105 Å². The molecule has 0 aromatic rings. The van der Waals surface area contributed by atoms with Crippen molar-refractivity contribution in [3.05, 3.63) is 0 Å². The smallest absolute Gasteiger partial charge is 0.233 e. The number of carbonyl (C=O) groups excluding carboxylic acids is 1. The average Bonchev–Trinajstić information content (AvgIpc) is 2.24. The van der Waals surface area contributed by atoms with Crippen LogP contribution in [0.25, 0.3) is 0 Å². The predicted molar refractivity (Wildman–Crippen MR) is 71.1 cm³/mol. The summed E-state index contributed by atoms with van der Waals surface area (Å²) in [6.07, 6.45) is 3.15. The molecule has 0 aliphatic rings. The maximum Gasteiger partial charge on any atom is 0.233 e. The quantitative estimate of drug-likeness (QED) is 0.607. The zero-order valence-electron chi connectivity index (χ0n) is 11.8. The van der Waals surface area contributed by atoms with E-state index in [1.54, 1.807) is 0 Å². The fourth-order valence-corrected chi connectivity index (χ4v) is 1.16. The minimum atomic E-state index is -0.0133. The number of rotatable bonds is 9. The van der Waals surface area contributed by atoms with Crippen molar-refractivity contribution in [2.75, 3.05) is 26.3 Å². The highest BCUT2D eigenvalue weighted by Gasteiger charge is 2.10. The van der Waals surface area contributed by atoms with E-state index < -0.39 is 0 Å². The monoisotopic (exact) mass is 244 g/mol. The minimum absolute atomic E-state index is 0.0133. The van der Waals surface area contributed by atoms with E-state index in [0.29, 0.717) is 13.1 Å². The lowest BCUT2D eigenvalue weighted by Gasteiger charge is -2.19. The summed E-state index contributed by atoms with van der Waals surface area (Å²) < 4.78 is 5.40. The van der Waals surface area contributed by atoms with Gasteiger partial charge < -0.3 is 15.4 Å². The van der Waals surface area contributed by atoms with E-state index >= 15 is 0 Å². The number of nitrogens with one attached hydrogen (secondary N) is 2. The molecule has 0 radical (unpaired) electrons. The lowest BCUT2D eigenvalue weighted by atomic mass is 10.1. The van der Waals surface area contributed by atoms with Gasteiger partial charge in [0, 0.05) is 25.3 Å². The molecule has 102 valence electrons. The second-order valence-corrected chi connectivity index (χ2v) is 5.27. The number of ether oxygens (including phenoxy) is 1. The second-order valence-electron chi connectivity index (χ2n) is 5.27. The van der Waals surface area contributed by atoms with Crippen LogP contribution in [-0.4, -0.2) is 37.7 Å². The standard InChI is InChI=1S/C13H28N2O2/c1-5-6-9-17-10-7-8-14-12(16)11-15-13(2,3)4/h15H,5-11H2,1-4H3,(H,14,16). The Morgan fingerprint density at radius 1 is 1.18 bits per heavy atom. The average molecular weight is 244 g/mol. The number of carbonyl (C=O) groups is 1. The Balaban J connectivity index is 3.28. The number of unbranched alkanes of at least 4 members (excludes halogenated alkanes) is 1. The van der Waals surface area contributed by atoms with Crippen molar-refractivity contribution in [3.63, 3.8) is 0 Å². The van der Waals surface area contributed by atoms with Crippen molar-refractivity contribution in [2.45, 2.75) is 52.5 Å². The van der Waals surface area contributed by atoms with Gasteiger partial charge in [0.2, 0.25) is 5.91 Å². The summed E-state index contributed by atoms with van der Waals surface area (Å²) in [5, 5.41) is 6.01. The molecule has 0 bridgehead atoms. The Hall–Kier alpha value is -0.610. The third-order valence-corrected chi connectivity index (χ3v) is 2.21. The molecule has 0 saturated carbocycles. The molecule has 0 aliphatic heterocycles. The zero-order chi connectivity index (χ0) is 13.1. The molecule has 0 aromatic carbocycles. The molecule has 1 amide bonds. The number of hydrogen-bond donors (Lipinski definition) is 2. The summed E-state index contributed by atoms with van der Waals surface area (Å²) in [6, 6.07) is 0. The number of amides is 1. The van der Waals surface area contributed by atoms with Crippen LogP contribution >= 0.6 is 0 Å². The van der Waals surface area contributed by atoms with Crippen LogP contribution in [0.1, 0.15) is 47.0 Å². The van der Waals surface area contributed by atoms with E-state index in [1.165, 1.54) is 0 Å². The molecular weight excluding hydrogens is 216 g/mol. The molecule has 0 saturated heterocycles. The van der Waals surface area contributed by atoms with Gasteiger partial charge in [-0.1, -0.05) is 13.3 Å². The highest BCUT2D eigenvalue weighted by atomic mass is 16.5. The van der Waals surface area contributed by atoms with E-state index in [2.05, 4.69) is 17.6 Å². The van der Waals surface area contributed by atoms with Crippen LogP contribution in [0.5, 0.6) is 0 Å². The van der Waals surface area contributed by atoms with Gasteiger partial charge in [0.25, 0.3) is 0 Å². The third-order valence-electron chi connectivity index (χ3n) is 2.21. The van der Waals surface area contributed by atoms with E-state index in [-0.39, 0.29) is 11.4 Å². The van der Waals surface area contributed by atoms with Crippen LogP contribution in [0.4, 0.5) is 0 Å². The van der Waals surface area contributed by atoms with Crippen LogP contribution < -0.4 is 10.6 Å². The summed E-state index contributed by atoms with van der Waals surface area (Å²) >= 11 is 0. The molecule has 4 heteroatoms. The highest BCUT2D eigenvalue weighted by molar-refractivity contribution is 5.78. The number of hydrogen-bond acceptors (Lipinski definition) is 3. The largest absolute Gasteiger partial charge is 0.381 e. The molecule has 0 atom stereocenters. The first-order chi connectivity index (χ1) is 7.95. The fourth-order valence-electron chi connectivity index (χ4n) is 1.16. The molecule has 0 heterocycles. The Kier molecular flexibility index (Phi) is 9.09. The lowest BCUT2D eigenvalue weighted by Crippen LogP contribution is -2.43. The summed E-state index contributed by atoms with van der Waals surface area (Å²) in [5.74, 6) is 0.0495. The topological polar surface area (TPSA) is 50.4 Å². The zero-order valence-corrected chi connectivity index (χ0v) is 11.8. The molecule has 0 rings (SSSR count). The van der Waals surface area contributed by atoms with Gasteiger partial charge >= 0.3 is 0 Å². The van der Waals surface area contributed by atoms with Gasteiger partial charge in [-0.3, -0.25) is 4.79 Å². The van der Waals surface area contributed by atoms with Crippen molar-refractivity contribution in [1.29, 1.82) is 0 Å². The van der Waals surface area contributed by atoms with Gasteiger partial charge in [-0.25, -0.2) is 0 Å². The lowest BCUT2D eigenvalue weighted by molar-refractivity contribution is -0.120. The Morgan fingerprint density at radius 3 is 2.41 bits per heavy atom. The summed E-state index contributed by atoms with van der Waals surface area (Å²) in [4.78, 5) is 11.4.